The molecule has 0 aromatic carbocycles. The van der Waals surface area contributed by atoms with Gasteiger partial charge in [0.25, 0.3) is 0 Å². The molecule has 0 atom stereocenters. The van der Waals surface area contributed by atoms with Gasteiger partial charge in [-0.05, 0) is 38.5 Å². The number of halogens is 4. The lowest BCUT2D eigenvalue weighted by Crippen LogP contribution is -2.07. The van der Waals surface area contributed by atoms with E-state index in [1.54, 1.807) is 16.4 Å². The second-order valence-corrected chi connectivity index (χ2v) is 7.79. The maximum Gasteiger partial charge on any atom is 0.433 e. The average molecular weight is 462 g/mol. The minimum atomic E-state index is -4.48. The Morgan fingerprint density at radius 3 is 2.38 bits per heavy atom. The van der Waals surface area contributed by atoms with E-state index in [-0.39, 0.29) is 0 Å². The number of aromatic nitrogens is 7. The second kappa shape index (κ2) is 8.01. The highest BCUT2D eigenvalue weighted by Crippen LogP contribution is 2.30. The van der Waals surface area contributed by atoms with Crippen molar-refractivity contribution in [2.45, 2.75) is 33.4 Å². The van der Waals surface area contributed by atoms with Gasteiger partial charge in [-0.2, -0.15) is 23.4 Å². The van der Waals surface area contributed by atoms with E-state index in [1.165, 1.54) is 18.6 Å². The van der Waals surface area contributed by atoms with Crippen LogP contribution in [0.2, 0.25) is 5.02 Å². The summed E-state index contributed by atoms with van der Waals surface area (Å²) in [4.78, 5) is 12.2. The summed E-state index contributed by atoms with van der Waals surface area (Å²) in [7, 11) is 1.78. The molecule has 0 amide bonds. The molecule has 0 bridgehead atoms. The maximum absolute atomic E-state index is 12.8. The molecule has 7 nitrogen and oxygen atoms in total. The summed E-state index contributed by atoms with van der Waals surface area (Å²) in [5.41, 5.74) is 4.08. The van der Waals surface area contributed by atoms with Gasteiger partial charge in [0.15, 0.2) is 5.82 Å². The number of nitrogens with zero attached hydrogens (tertiary/aromatic N) is 7. The van der Waals surface area contributed by atoms with Crippen LogP contribution in [-0.2, 0) is 19.6 Å². The molecule has 32 heavy (non-hydrogen) atoms. The van der Waals surface area contributed by atoms with Crippen LogP contribution in [0.3, 0.4) is 0 Å². The molecule has 0 aliphatic rings. The van der Waals surface area contributed by atoms with Gasteiger partial charge in [0.1, 0.15) is 12.0 Å². The van der Waals surface area contributed by atoms with Gasteiger partial charge in [0, 0.05) is 37.0 Å². The summed E-state index contributed by atoms with van der Waals surface area (Å²) < 4.78 is 41.8. The lowest BCUT2D eigenvalue weighted by atomic mass is 10.1. The molecule has 0 aliphatic carbocycles. The molecule has 0 fully saturated rings. The molecule has 4 aromatic rings. The van der Waals surface area contributed by atoms with Gasteiger partial charge in [-0.15, -0.1) is 0 Å². The van der Waals surface area contributed by atoms with Crippen molar-refractivity contribution in [2.75, 3.05) is 0 Å². The first-order valence-electron chi connectivity index (χ1n) is 9.65. The van der Waals surface area contributed by atoms with Gasteiger partial charge in [0.05, 0.1) is 27.8 Å². The van der Waals surface area contributed by atoms with Crippen molar-refractivity contribution in [3.8, 4) is 17.1 Å². The van der Waals surface area contributed by atoms with Crippen LogP contribution in [-0.4, -0.2) is 34.5 Å². The fourth-order valence-electron chi connectivity index (χ4n) is 3.50. The number of hydrogen-bond acceptors (Lipinski definition) is 5. The highest BCUT2D eigenvalue weighted by atomic mass is 35.5. The number of aryl methyl sites for hydroxylation is 2. The van der Waals surface area contributed by atoms with E-state index in [0.717, 1.165) is 28.7 Å². The van der Waals surface area contributed by atoms with Crippen LogP contribution in [0.5, 0.6) is 0 Å². The van der Waals surface area contributed by atoms with E-state index in [2.05, 4.69) is 25.1 Å². The first-order valence-corrected chi connectivity index (χ1v) is 10.0. The molecule has 4 heterocycles. The van der Waals surface area contributed by atoms with Crippen LogP contribution in [0, 0.1) is 20.8 Å². The lowest BCUT2D eigenvalue weighted by molar-refractivity contribution is -0.141. The fourth-order valence-corrected chi connectivity index (χ4v) is 3.62. The average Bonchev–Trinajstić information content (AvgIpc) is 3.18. The fraction of sp³-hybridized carbons (Fsp3) is 0.286. The number of alkyl halides is 3. The Bertz CT molecular complexity index is 1290. The standard InChI is InChI=1S/C21H19ClF3N7/c1-11-16(31(4)30-20(11)14-5-6-17(26-9-14)21(23,24)25)7-15-8-18(28-10-27-15)32-13(3)19(22)12(2)29-32/h5-6,8-10H,7H2,1-4H3. The van der Waals surface area contributed by atoms with Crippen LogP contribution in [0.25, 0.3) is 17.1 Å². The third-order valence-corrected chi connectivity index (χ3v) is 5.78. The Labute approximate surface area is 186 Å². The van der Waals surface area contributed by atoms with Gasteiger partial charge in [-0.25, -0.2) is 14.6 Å². The topological polar surface area (TPSA) is 74.3 Å². The van der Waals surface area contributed by atoms with E-state index in [1.807, 2.05) is 26.8 Å². The van der Waals surface area contributed by atoms with Crippen molar-refractivity contribution in [3.05, 3.63) is 69.8 Å². The molecule has 0 spiro atoms. The zero-order valence-electron chi connectivity index (χ0n) is 17.7. The quantitative estimate of drug-likeness (QED) is 0.442. The largest absolute Gasteiger partial charge is 0.433 e. The minimum absolute atomic E-state index is 0.450. The van der Waals surface area contributed by atoms with Crippen molar-refractivity contribution < 1.29 is 13.2 Å². The van der Waals surface area contributed by atoms with E-state index < -0.39 is 11.9 Å². The summed E-state index contributed by atoms with van der Waals surface area (Å²) in [6.07, 6.45) is -1.38. The Balaban J connectivity index is 1.65. The van der Waals surface area contributed by atoms with Crippen molar-refractivity contribution in [3.63, 3.8) is 0 Å². The third-order valence-electron chi connectivity index (χ3n) is 5.23. The van der Waals surface area contributed by atoms with Crippen LogP contribution in [0.4, 0.5) is 13.2 Å². The van der Waals surface area contributed by atoms with Crippen molar-refractivity contribution in [1.82, 2.24) is 34.5 Å². The van der Waals surface area contributed by atoms with Gasteiger partial charge in [-0.1, -0.05) is 11.6 Å². The zero-order chi connectivity index (χ0) is 23.2. The number of pyridine rings is 1. The minimum Gasteiger partial charge on any atom is -0.271 e. The predicted octanol–water partition coefficient (Wildman–Crippen LogP) is 4.65. The second-order valence-electron chi connectivity index (χ2n) is 7.41. The summed E-state index contributed by atoms with van der Waals surface area (Å²) in [6, 6.07) is 4.16. The lowest BCUT2D eigenvalue weighted by Gasteiger charge is -2.07. The van der Waals surface area contributed by atoms with Gasteiger partial charge < -0.3 is 0 Å². The van der Waals surface area contributed by atoms with Crippen molar-refractivity contribution in [1.29, 1.82) is 0 Å². The summed E-state index contributed by atoms with van der Waals surface area (Å²) >= 11 is 6.25. The first kappa shape index (κ1) is 21.9. The van der Waals surface area contributed by atoms with E-state index in [9.17, 15) is 13.2 Å². The van der Waals surface area contributed by atoms with Crippen LogP contribution in [0.15, 0.2) is 30.7 Å². The monoisotopic (exact) mass is 461 g/mol. The molecule has 4 aromatic heterocycles. The smallest absolute Gasteiger partial charge is 0.271 e. The molecule has 166 valence electrons. The molecule has 4 rings (SSSR count). The highest BCUT2D eigenvalue weighted by molar-refractivity contribution is 6.31. The Kier molecular flexibility index (Phi) is 5.49. The van der Waals surface area contributed by atoms with Gasteiger partial charge in [0.2, 0.25) is 0 Å². The molecule has 0 unspecified atom stereocenters. The number of hydrogen-bond donors (Lipinski definition) is 0. The predicted molar refractivity (Wildman–Crippen MR) is 113 cm³/mol. The highest BCUT2D eigenvalue weighted by Gasteiger charge is 2.32. The molecule has 0 N–H and O–H groups in total. The Hall–Kier alpha value is -3.27. The summed E-state index contributed by atoms with van der Waals surface area (Å²) in [5, 5.41) is 9.50. The van der Waals surface area contributed by atoms with Crippen LogP contribution in [0.1, 0.15) is 34.0 Å². The Morgan fingerprint density at radius 2 is 1.78 bits per heavy atom. The first-order chi connectivity index (χ1) is 15.1. The van der Waals surface area contributed by atoms with Crippen LogP contribution < -0.4 is 0 Å². The van der Waals surface area contributed by atoms with Crippen molar-refractivity contribution >= 4 is 11.6 Å². The number of rotatable bonds is 4. The normalized spacial score (nSPS) is 11.9. The summed E-state index contributed by atoms with van der Waals surface area (Å²) in [6.45, 7) is 5.56. The van der Waals surface area contributed by atoms with E-state index in [4.69, 9.17) is 11.6 Å². The summed E-state index contributed by atoms with van der Waals surface area (Å²) in [5.74, 6) is 0.592. The third kappa shape index (κ3) is 3.97. The molecule has 0 aliphatic heterocycles. The van der Waals surface area contributed by atoms with Crippen LogP contribution >= 0.6 is 11.6 Å². The maximum atomic E-state index is 12.8. The van der Waals surface area contributed by atoms with Crippen molar-refractivity contribution in [2.24, 2.45) is 7.05 Å². The molecular weight excluding hydrogens is 443 g/mol. The molecule has 11 heteroatoms. The molecule has 0 saturated heterocycles. The zero-order valence-corrected chi connectivity index (χ0v) is 18.5. The van der Waals surface area contributed by atoms with E-state index in [0.29, 0.717) is 34.2 Å². The SMILES string of the molecule is Cc1nn(-c2cc(Cc3c(C)c(-c4ccc(C(F)(F)F)nc4)nn3C)ncn2)c(C)c1Cl. The Morgan fingerprint density at radius 1 is 1.03 bits per heavy atom. The van der Waals surface area contributed by atoms with E-state index >= 15 is 0 Å². The molecular formula is C21H19ClF3N7. The van der Waals surface area contributed by atoms with Gasteiger partial charge >= 0.3 is 6.18 Å². The molecule has 0 saturated carbocycles. The molecule has 0 radical (unpaired) electrons. The van der Waals surface area contributed by atoms with Gasteiger partial charge in [-0.3, -0.25) is 9.67 Å².